The zero-order chi connectivity index (χ0) is 8.55. The van der Waals surface area contributed by atoms with Crippen molar-refractivity contribution in [3.8, 4) is 0 Å². The predicted molar refractivity (Wildman–Crippen MR) is 46.4 cm³/mol. The van der Waals surface area contributed by atoms with E-state index in [1.54, 1.807) is 12.1 Å². The minimum atomic E-state index is -2.03. The topological polar surface area (TPSA) is 50.4 Å². The van der Waals surface area contributed by atoms with Crippen molar-refractivity contribution in [1.82, 2.24) is 0 Å². The average molecular weight is 190 g/mol. The van der Waals surface area contributed by atoms with Crippen LogP contribution in [0.1, 0.15) is 1.43 Å². The van der Waals surface area contributed by atoms with Gasteiger partial charge in [-0.2, -0.15) is 0 Å². The van der Waals surface area contributed by atoms with Crippen LogP contribution in [0.5, 0.6) is 0 Å². The van der Waals surface area contributed by atoms with Crippen LogP contribution in [-0.2, 0) is 11.1 Å². The van der Waals surface area contributed by atoms with Gasteiger partial charge in [-0.15, -0.1) is 0 Å². The monoisotopic (exact) mass is 190 g/mol. The van der Waals surface area contributed by atoms with E-state index in [-0.39, 0.29) is 25.4 Å². The molecule has 1 N–H and O–H groups in total. The van der Waals surface area contributed by atoms with Crippen molar-refractivity contribution < 1.29 is 33.5 Å². The molecule has 2 rings (SSSR count). The Bertz CT molecular complexity index is 410. The van der Waals surface area contributed by atoms with Gasteiger partial charge in [-0.3, -0.25) is 4.55 Å². The van der Waals surface area contributed by atoms with E-state index in [2.05, 4.69) is 0 Å². The molecule has 0 saturated carbocycles. The second-order valence-electron chi connectivity index (χ2n) is 2.35. The number of furan rings is 1. The molecule has 0 aliphatic heterocycles. The first-order valence-electron chi connectivity index (χ1n) is 3.37. The molecule has 0 aliphatic rings. The summed E-state index contributed by atoms with van der Waals surface area (Å²) in [5.41, 5.74) is 0.634. The van der Waals surface area contributed by atoms with E-state index in [0.29, 0.717) is 5.58 Å². The van der Waals surface area contributed by atoms with Crippen LogP contribution in [0.15, 0.2) is 39.8 Å². The molecule has 0 aliphatic carbocycles. The van der Waals surface area contributed by atoms with E-state index in [1.807, 2.05) is 18.2 Å². The van der Waals surface area contributed by atoms with Gasteiger partial charge in [0.05, 0.1) is 0 Å². The van der Waals surface area contributed by atoms with Crippen molar-refractivity contribution in [2.45, 2.75) is 5.09 Å². The largest absolute Gasteiger partial charge is 1.00 e. The van der Waals surface area contributed by atoms with Gasteiger partial charge in [0.25, 0.3) is 0 Å². The van der Waals surface area contributed by atoms with Gasteiger partial charge in [0.1, 0.15) is 5.58 Å². The van der Waals surface area contributed by atoms with Crippen molar-refractivity contribution >= 4 is 22.0 Å². The number of hydrogen-bond acceptors (Lipinski definition) is 2. The van der Waals surface area contributed by atoms with Crippen LogP contribution in [0.2, 0.25) is 0 Å². The second-order valence-corrected chi connectivity index (χ2v) is 3.25. The Kier molecular flexibility index (Phi) is 3.34. The predicted octanol–water partition coefficient (Wildman–Crippen LogP) is -0.870. The first-order chi connectivity index (χ1) is 5.77. The van der Waals surface area contributed by atoms with Crippen molar-refractivity contribution in [3.63, 3.8) is 0 Å². The molecule has 64 valence electrons. The maximum absolute atomic E-state index is 10.6. The molecular weight excluding hydrogens is 183 g/mol. The molecule has 1 heterocycles. The fourth-order valence-electron chi connectivity index (χ4n) is 1.04. The van der Waals surface area contributed by atoms with E-state index < -0.39 is 11.1 Å². The number of hydrogen-bond donors (Lipinski definition) is 1. The van der Waals surface area contributed by atoms with Crippen LogP contribution < -0.4 is 18.9 Å². The molecule has 0 saturated heterocycles. The molecule has 0 amide bonds. The Morgan fingerprint density at radius 2 is 2.08 bits per heavy atom. The zero-order valence-electron chi connectivity index (χ0n) is 8.06. The quantitative estimate of drug-likeness (QED) is 0.469. The van der Waals surface area contributed by atoms with Gasteiger partial charge >= 0.3 is 18.9 Å². The SMILES string of the molecule is O=S(O)c1cc2ccccc2o1.[H-].[Li+]. The zero-order valence-corrected chi connectivity index (χ0v) is 7.88. The van der Waals surface area contributed by atoms with E-state index in [1.165, 1.54) is 0 Å². The summed E-state index contributed by atoms with van der Waals surface area (Å²) in [5, 5.41) is 0.936. The Labute approximate surface area is 91.1 Å². The Balaban J connectivity index is 0.000000845. The molecule has 3 nitrogen and oxygen atoms in total. The first kappa shape index (κ1) is 10.5. The van der Waals surface area contributed by atoms with Gasteiger partial charge in [-0.05, 0) is 6.07 Å². The number of para-hydroxylation sites is 1. The summed E-state index contributed by atoms with van der Waals surface area (Å²) in [5.74, 6) is 0. The van der Waals surface area contributed by atoms with Crippen LogP contribution in [0.3, 0.4) is 0 Å². The summed E-state index contributed by atoms with van der Waals surface area (Å²) < 4.78 is 24.4. The molecule has 0 bridgehead atoms. The average Bonchev–Trinajstić information content (AvgIpc) is 2.46. The fourth-order valence-corrected chi connectivity index (χ4v) is 1.43. The minimum absolute atomic E-state index is 0. The van der Waals surface area contributed by atoms with Gasteiger partial charge in [0, 0.05) is 11.5 Å². The van der Waals surface area contributed by atoms with E-state index in [9.17, 15) is 4.21 Å². The molecule has 2 aromatic rings. The van der Waals surface area contributed by atoms with Gasteiger partial charge < -0.3 is 5.84 Å². The molecule has 1 aromatic carbocycles. The van der Waals surface area contributed by atoms with Gasteiger partial charge in [-0.25, -0.2) is 4.21 Å². The van der Waals surface area contributed by atoms with Crippen molar-refractivity contribution in [1.29, 1.82) is 0 Å². The number of rotatable bonds is 1. The first-order valence-corrected chi connectivity index (χ1v) is 4.47. The van der Waals surface area contributed by atoms with Crippen LogP contribution >= 0.6 is 0 Å². The normalized spacial score (nSPS) is 12.4. The summed E-state index contributed by atoms with van der Waals surface area (Å²) in [6, 6.07) is 8.81. The smallest absolute Gasteiger partial charge is 1.00 e. The Morgan fingerprint density at radius 1 is 1.38 bits per heavy atom. The third-order valence-electron chi connectivity index (χ3n) is 1.58. The standard InChI is InChI=1S/C8H6O3S.Li.H/c9-12(10)8-5-6-3-1-2-4-7(6)11-8;;/h1-5H,(H,9,10);;/q;+1;-1. The second kappa shape index (κ2) is 4.12. The summed E-state index contributed by atoms with van der Waals surface area (Å²) in [6.45, 7) is 0. The van der Waals surface area contributed by atoms with E-state index >= 15 is 0 Å². The summed E-state index contributed by atoms with van der Waals surface area (Å²) >= 11 is -2.03. The van der Waals surface area contributed by atoms with Crippen LogP contribution in [-0.4, -0.2) is 8.76 Å². The maximum atomic E-state index is 10.6. The molecule has 0 fully saturated rings. The Morgan fingerprint density at radius 3 is 2.69 bits per heavy atom. The van der Waals surface area contributed by atoms with Gasteiger partial charge in [0.2, 0.25) is 16.2 Å². The number of fused-ring (bicyclic) bond motifs is 1. The van der Waals surface area contributed by atoms with Gasteiger partial charge in [0.15, 0.2) is 0 Å². The van der Waals surface area contributed by atoms with Crippen LogP contribution in [0.25, 0.3) is 11.0 Å². The van der Waals surface area contributed by atoms with E-state index in [4.69, 9.17) is 8.97 Å². The molecule has 0 spiro atoms. The third kappa shape index (κ3) is 2.04. The molecular formula is C8H7LiO3S. The minimum Gasteiger partial charge on any atom is -1.00 e. The molecule has 0 radical (unpaired) electrons. The summed E-state index contributed by atoms with van der Waals surface area (Å²) in [6.07, 6.45) is 0. The maximum Gasteiger partial charge on any atom is 1.00 e. The molecule has 1 unspecified atom stereocenters. The Hall–Kier alpha value is -0.533. The van der Waals surface area contributed by atoms with Crippen molar-refractivity contribution in [2.75, 3.05) is 0 Å². The van der Waals surface area contributed by atoms with Crippen LogP contribution in [0.4, 0.5) is 0 Å². The molecule has 1 aromatic heterocycles. The number of benzene rings is 1. The molecule has 1 atom stereocenters. The molecule has 13 heavy (non-hydrogen) atoms. The van der Waals surface area contributed by atoms with Crippen molar-refractivity contribution in [2.24, 2.45) is 0 Å². The summed E-state index contributed by atoms with van der Waals surface area (Å²) in [4.78, 5) is 0. The van der Waals surface area contributed by atoms with Crippen molar-refractivity contribution in [3.05, 3.63) is 30.3 Å². The third-order valence-corrected chi connectivity index (χ3v) is 2.12. The molecule has 5 heteroatoms. The summed E-state index contributed by atoms with van der Waals surface area (Å²) in [7, 11) is 0. The van der Waals surface area contributed by atoms with Gasteiger partial charge in [-0.1, -0.05) is 18.2 Å². The van der Waals surface area contributed by atoms with Crippen LogP contribution in [0, 0.1) is 0 Å². The fraction of sp³-hybridized carbons (Fsp3) is 0. The van der Waals surface area contributed by atoms with E-state index in [0.717, 1.165) is 5.39 Å².